The van der Waals surface area contributed by atoms with Crippen LogP contribution >= 0.6 is 0 Å². The van der Waals surface area contributed by atoms with Crippen molar-refractivity contribution in [3.05, 3.63) is 29.6 Å². The second-order valence-corrected chi connectivity index (χ2v) is 3.87. The Labute approximate surface area is 92.9 Å². The van der Waals surface area contributed by atoms with Crippen LogP contribution in [-0.2, 0) is 6.42 Å². The average Bonchev–Trinajstić information content (AvgIpc) is 2.16. The Hall–Kier alpha value is -1.23. The molecule has 0 aliphatic rings. The van der Waals surface area contributed by atoms with Crippen LogP contribution in [0.15, 0.2) is 18.2 Å². The fraction of sp³-hybridized carbons (Fsp3) is 0.455. The molecular weight excluding hydrogens is 217 g/mol. The number of halogens is 3. The second-order valence-electron chi connectivity index (χ2n) is 3.87. The summed E-state index contributed by atoms with van der Waals surface area (Å²) in [7, 11) is 3.54. The van der Waals surface area contributed by atoms with Crippen molar-refractivity contribution < 1.29 is 13.2 Å². The number of nitrogens with zero attached hydrogens (tertiary/aromatic N) is 1. The van der Waals surface area contributed by atoms with Crippen LogP contribution in [0.25, 0.3) is 0 Å². The minimum Gasteiger partial charge on any atom is -0.377 e. The summed E-state index contributed by atoms with van der Waals surface area (Å²) in [6.07, 6.45) is -2.64. The van der Waals surface area contributed by atoms with E-state index in [1.54, 1.807) is 25.1 Å². The number of benzene rings is 1. The quantitative estimate of drug-likeness (QED) is 0.860. The minimum atomic E-state index is -2.60. The van der Waals surface area contributed by atoms with Gasteiger partial charge in [0.05, 0.1) is 6.04 Å². The van der Waals surface area contributed by atoms with Crippen molar-refractivity contribution in [3.8, 4) is 0 Å². The lowest BCUT2D eigenvalue weighted by Crippen LogP contribution is -2.31. The van der Waals surface area contributed by atoms with Crippen LogP contribution in [0.3, 0.4) is 0 Å². The van der Waals surface area contributed by atoms with E-state index in [4.69, 9.17) is 5.73 Å². The zero-order chi connectivity index (χ0) is 12.3. The molecule has 2 nitrogen and oxygen atoms in total. The fourth-order valence-electron chi connectivity index (χ4n) is 1.50. The molecule has 0 aliphatic carbocycles. The monoisotopic (exact) mass is 232 g/mol. The predicted octanol–water partition coefficient (Wildman–Crippen LogP) is 2.03. The lowest BCUT2D eigenvalue weighted by molar-refractivity contribution is 0.116. The number of nitrogens with two attached hydrogens (primary N) is 1. The third-order valence-electron chi connectivity index (χ3n) is 2.30. The Kier molecular flexibility index (Phi) is 4.18. The molecule has 0 saturated heterocycles. The van der Waals surface area contributed by atoms with Crippen LogP contribution in [0.1, 0.15) is 5.56 Å². The summed E-state index contributed by atoms with van der Waals surface area (Å²) in [6, 6.07) is 2.84. The maximum atomic E-state index is 13.0. The summed E-state index contributed by atoms with van der Waals surface area (Å²) >= 11 is 0. The first-order valence-electron chi connectivity index (χ1n) is 4.91. The van der Waals surface area contributed by atoms with Crippen LogP contribution in [0.5, 0.6) is 0 Å². The van der Waals surface area contributed by atoms with Gasteiger partial charge in [-0.1, -0.05) is 0 Å². The van der Waals surface area contributed by atoms with Gasteiger partial charge in [-0.2, -0.15) is 0 Å². The van der Waals surface area contributed by atoms with Crippen LogP contribution in [0, 0.1) is 5.82 Å². The van der Waals surface area contributed by atoms with Crippen molar-refractivity contribution in [1.29, 1.82) is 0 Å². The van der Waals surface area contributed by atoms with E-state index in [0.717, 1.165) is 0 Å². The molecule has 0 heterocycles. The molecule has 1 unspecified atom stereocenters. The maximum absolute atomic E-state index is 13.0. The first kappa shape index (κ1) is 12.8. The lowest BCUT2D eigenvalue weighted by Gasteiger charge is -2.19. The highest BCUT2D eigenvalue weighted by Crippen LogP contribution is 2.22. The van der Waals surface area contributed by atoms with Crippen LogP contribution in [0.2, 0.25) is 0 Å². The standard InChI is InChI=1S/C11H15F3N2/c1-16(2)10-4-3-8(12)5-7(10)6-9(15)11(13)14/h3-5,9,11H,6,15H2,1-2H3. The average molecular weight is 232 g/mol. The maximum Gasteiger partial charge on any atom is 0.253 e. The summed E-state index contributed by atoms with van der Waals surface area (Å²) in [4.78, 5) is 1.74. The first-order valence-corrected chi connectivity index (χ1v) is 4.91. The van der Waals surface area contributed by atoms with E-state index >= 15 is 0 Å². The first-order chi connectivity index (χ1) is 7.41. The van der Waals surface area contributed by atoms with Crippen LogP contribution < -0.4 is 10.6 Å². The molecule has 0 saturated carbocycles. The summed E-state index contributed by atoms with van der Waals surface area (Å²) in [6.45, 7) is 0. The van der Waals surface area contributed by atoms with Crippen LogP contribution in [0.4, 0.5) is 18.9 Å². The summed E-state index contributed by atoms with van der Waals surface area (Å²) in [5.74, 6) is -0.443. The van der Waals surface area contributed by atoms with Gasteiger partial charge in [0.25, 0.3) is 6.43 Å². The van der Waals surface area contributed by atoms with Gasteiger partial charge in [-0.05, 0) is 30.2 Å². The highest BCUT2D eigenvalue weighted by molar-refractivity contribution is 5.53. The third kappa shape index (κ3) is 3.13. The molecule has 1 rings (SSSR count). The van der Waals surface area contributed by atoms with Crippen LogP contribution in [-0.4, -0.2) is 26.6 Å². The van der Waals surface area contributed by atoms with Crippen molar-refractivity contribution in [2.45, 2.75) is 18.9 Å². The Morgan fingerprint density at radius 1 is 1.31 bits per heavy atom. The molecule has 2 N–H and O–H groups in total. The number of alkyl halides is 2. The Morgan fingerprint density at radius 3 is 2.44 bits per heavy atom. The van der Waals surface area contributed by atoms with Crippen molar-refractivity contribution in [3.63, 3.8) is 0 Å². The van der Waals surface area contributed by atoms with Gasteiger partial charge in [0, 0.05) is 19.8 Å². The van der Waals surface area contributed by atoms with Gasteiger partial charge >= 0.3 is 0 Å². The fourth-order valence-corrected chi connectivity index (χ4v) is 1.50. The van der Waals surface area contributed by atoms with Gasteiger partial charge in [-0.25, -0.2) is 13.2 Å². The SMILES string of the molecule is CN(C)c1ccc(F)cc1CC(N)C(F)F. The number of hydrogen-bond donors (Lipinski definition) is 1. The van der Waals surface area contributed by atoms with Crippen molar-refractivity contribution >= 4 is 5.69 Å². The lowest BCUT2D eigenvalue weighted by atomic mass is 10.0. The molecule has 5 heteroatoms. The summed E-state index contributed by atoms with van der Waals surface area (Å²) in [5, 5.41) is 0. The molecule has 0 radical (unpaired) electrons. The van der Waals surface area contributed by atoms with Crippen molar-refractivity contribution in [2.75, 3.05) is 19.0 Å². The molecule has 0 spiro atoms. The Morgan fingerprint density at radius 2 is 1.94 bits per heavy atom. The Balaban J connectivity index is 2.96. The third-order valence-corrected chi connectivity index (χ3v) is 2.30. The van der Waals surface area contributed by atoms with Gasteiger partial charge in [-0.3, -0.25) is 0 Å². The molecule has 0 bridgehead atoms. The molecule has 0 aromatic heterocycles. The second kappa shape index (κ2) is 5.21. The molecule has 1 atom stereocenters. The summed E-state index contributed by atoms with van der Waals surface area (Å²) < 4.78 is 37.6. The van der Waals surface area contributed by atoms with Crippen molar-refractivity contribution in [2.24, 2.45) is 5.73 Å². The number of hydrogen-bond acceptors (Lipinski definition) is 2. The van der Waals surface area contributed by atoms with Gasteiger partial charge < -0.3 is 10.6 Å². The van der Waals surface area contributed by atoms with E-state index < -0.39 is 18.3 Å². The molecular formula is C11H15F3N2. The normalized spacial score (nSPS) is 12.9. The van der Waals surface area contributed by atoms with Gasteiger partial charge in [0.1, 0.15) is 5.82 Å². The van der Waals surface area contributed by atoms with Gasteiger partial charge in [0.15, 0.2) is 0 Å². The number of rotatable bonds is 4. The van der Waals surface area contributed by atoms with Gasteiger partial charge in [-0.15, -0.1) is 0 Å². The molecule has 0 amide bonds. The topological polar surface area (TPSA) is 29.3 Å². The zero-order valence-electron chi connectivity index (χ0n) is 9.25. The van der Waals surface area contributed by atoms with E-state index in [9.17, 15) is 13.2 Å². The zero-order valence-corrected chi connectivity index (χ0v) is 9.25. The minimum absolute atomic E-state index is 0.0388. The predicted molar refractivity (Wildman–Crippen MR) is 58.4 cm³/mol. The van der Waals surface area contributed by atoms with E-state index in [1.807, 2.05) is 0 Å². The largest absolute Gasteiger partial charge is 0.377 e. The highest BCUT2D eigenvalue weighted by atomic mass is 19.3. The number of anilines is 1. The smallest absolute Gasteiger partial charge is 0.253 e. The highest BCUT2D eigenvalue weighted by Gasteiger charge is 2.18. The van der Waals surface area contributed by atoms with Crippen molar-refractivity contribution in [1.82, 2.24) is 0 Å². The van der Waals surface area contributed by atoms with E-state index in [-0.39, 0.29) is 6.42 Å². The molecule has 1 aromatic carbocycles. The molecule has 0 fully saturated rings. The Bertz CT molecular complexity index is 353. The molecule has 0 aliphatic heterocycles. The summed E-state index contributed by atoms with van der Waals surface area (Å²) in [5.41, 5.74) is 6.48. The van der Waals surface area contributed by atoms with E-state index in [1.165, 1.54) is 12.1 Å². The van der Waals surface area contributed by atoms with E-state index in [2.05, 4.69) is 0 Å². The van der Waals surface area contributed by atoms with E-state index in [0.29, 0.717) is 11.3 Å². The molecule has 1 aromatic rings. The molecule has 16 heavy (non-hydrogen) atoms. The van der Waals surface area contributed by atoms with Gasteiger partial charge in [0.2, 0.25) is 0 Å². The molecule has 90 valence electrons.